The Balaban J connectivity index is 0.000000704. The number of fused-ring (bicyclic) bond motifs is 3. The van der Waals surface area contributed by atoms with E-state index in [0.717, 1.165) is 0 Å². The van der Waals surface area contributed by atoms with E-state index < -0.39 is 0 Å². The molecule has 0 spiro atoms. The molecule has 1 aromatic rings. The fraction of sp³-hybridized carbons (Fsp3) is 0.692. The van der Waals surface area contributed by atoms with Gasteiger partial charge in [-0.2, -0.15) is 4.98 Å². The molecule has 0 amide bonds. The third-order valence-corrected chi connectivity index (χ3v) is 3.41. The zero-order valence-corrected chi connectivity index (χ0v) is 12.7. The molecule has 0 radical (unpaired) electrons. The first-order valence-corrected chi connectivity index (χ1v) is 7.24. The van der Waals surface area contributed by atoms with Crippen LogP contribution in [0.15, 0.2) is 0 Å². The molecule has 0 saturated carbocycles. The van der Waals surface area contributed by atoms with Crippen LogP contribution in [0.1, 0.15) is 26.5 Å². The average molecular weight is 302 g/mol. The molecule has 2 aliphatic rings. The van der Waals surface area contributed by atoms with E-state index in [9.17, 15) is 5.11 Å². The predicted octanol–water partition coefficient (Wildman–Crippen LogP) is 1.63. The average Bonchev–Trinajstić information content (AvgIpc) is 2.48. The number of halogens is 1. The van der Waals surface area contributed by atoms with E-state index in [1.165, 1.54) is 0 Å². The van der Waals surface area contributed by atoms with Gasteiger partial charge in [0.2, 0.25) is 5.28 Å². The van der Waals surface area contributed by atoms with Gasteiger partial charge in [-0.15, -0.1) is 0 Å². The highest BCUT2D eigenvalue weighted by Gasteiger charge is 2.37. The molecule has 1 fully saturated rings. The number of rotatable bonds is 1. The minimum atomic E-state index is -0.214. The van der Waals surface area contributed by atoms with Crippen LogP contribution in [0, 0.1) is 0 Å². The lowest BCUT2D eigenvalue weighted by Crippen LogP contribution is -2.56. The van der Waals surface area contributed by atoms with Crippen molar-refractivity contribution in [2.75, 3.05) is 24.7 Å². The standard InChI is InChI=1S/C11H14ClN3O3.C2H6/c1-6-3-17-4-7-5-18-9-8(2-16)13-11(12)14-10(9)15(6)7;1-2/h6-7,16H,2-5H2,1H3;1-2H3. The van der Waals surface area contributed by atoms with Crippen LogP contribution < -0.4 is 9.64 Å². The minimum Gasteiger partial charge on any atom is -0.486 e. The molecular weight excluding hydrogens is 282 g/mol. The molecule has 2 aliphatic heterocycles. The lowest BCUT2D eigenvalue weighted by atomic mass is 10.1. The van der Waals surface area contributed by atoms with E-state index in [4.69, 9.17) is 21.1 Å². The van der Waals surface area contributed by atoms with Gasteiger partial charge >= 0.3 is 0 Å². The van der Waals surface area contributed by atoms with Crippen molar-refractivity contribution in [2.45, 2.75) is 39.5 Å². The summed E-state index contributed by atoms with van der Waals surface area (Å²) < 4.78 is 11.2. The van der Waals surface area contributed by atoms with Gasteiger partial charge < -0.3 is 19.5 Å². The smallest absolute Gasteiger partial charge is 0.224 e. The van der Waals surface area contributed by atoms with E-state index >= 15 is 0 Å². The van der Waals surface area contributed by atoms with Crippen LogP contribution >= 0.6 is 11.6 Å². The van der Waals surface area contributed by atoms with Gasteiger partial charge in [0.05, 0.1) is 31.9 Å². The summed E-state index contributed by atoms with van der Waals surface area (Å²) in [5.41, 5.74) is 0.433. The molecule has 112 valence electrons. The number of anilines is 1. The monoisotopic (exact) mass is 301 g/mol. The summed E-state index contributed by atoms with van der Waals surface area (Å²) in [5.74, 6) is 1.19. The Labute approximate surface area is 123 Å². The quantitative estimate of drug-likeness (QED) is 0.795. The van der Waals surface area contributed by atoms with Gasteiger partial charge in [-0.25, -0.2) is 4.98 Å². The zero-order valence-electron chi connectivity index (χ0n) is 12.0. The normalized spacial score (nSPS) is 23.9. The van der Waals surface area contributed by atoms with Gasteiger partial charge in [0.25, 0.3) is 0 Å². The molecular formula is C13H20ClN3O3. The first kappa shape index (κ1) is 15.3. The largest absolute Gasteiger partial charge is 0.486 e. The molecule has 1 saturated heterocycles. The maximum absolute atomic E-state index is 9.31. The molecule has 3 rings (SSSR count). The van der Waals surface area contributed by atoms with E-state index in [2.05, 4.69) is 21.8 Å². The summed E-state index contributed by atoms with van der Waals surface area (Å²) in [6.07, 6.45) is 0. The highest BCUT2D eigenvalue weighted by Crippen LogP contribution is 2.37. The van der Waals surface area contributed by atoms with Crippen LogP contribution in [0.2, 0.25) is 5.28 Å². The van der Waals surface area contributed by atoms with Gasteiger partial charge in [-0.05, 0) is 18.5 Å². The molecule has 7 heteroatoms. The first-order valence-electron chi connectivity index (χ1n) is 6.87. The molecule has 1 aromatic heterocycles. The summed E-state index contributed by atoms with van der Waals surface area (Å²) in [6.45, 7) is 7.62. The second kappa shape index (κ2) is 6.56. The fourth-order valence-electron chi connectivity index (χ4n) is 2.47. The highest BCUT2D eigenvalue weighted by atomic mass is 35.5. The van der Waals surface area contributed by atoms with Gasteiger partial charge in [-0.1, -0.05) is 13.8 Å². The van der Waals surface area contributed by atoms with E-state index in [-0.39, 0.29) is 24.0 Å². The predicted molar refractivity (Wildman–Crippen MR) is 76.4 cm³/mol. The van der Waals surface area contributed by atoms with Crippen molar-refractivity contribution < 1.29 is 14.6 Å². The van der Waals surface area contributed by atoms with Gasteiger partial charge in [0, 0.05) is 0 Å². The lowest BCUT2D eigenvalue weighted by molar-refractivity contribution is 0.0480. The topological polar surface area (TPSA) is 67.7 Å². The summed E-state index contributed by atoms with van der Waals surface area (Å²) in [7, 11) is 0. The highest BCUT2D eigenvalue weighted by molar-refractivity contribution is 6.28. The van der Waals surface area contributed by atoms with Crippen LogP contribution in [0.4, 0.5) is 5.82 Å². The summed E-state index contributed by atoms with van der Waals surface area (Å²) in [5, 5.41) is 9.43. The van der Waals surface area contributed by atoms with Crippen molar-refractivity contribution >= 4 is 17.4 Å². The number of ether oxygens (including phenoxy) is 2. The molecule has 2 atom stereocenters. The fourth-order valence-corrected chi connectivity index (χ4v) is 2.65. The van der Waals surface area contributed by atoms with Crippen LogP contribution in [-0.4, -0.2) is 47.0 Å². The first-order chi connectivity index (χ1) is 9.70. The Morgan fingerprint density at radius 2 is 2.05 bits per heavy atom. The van der Waals surface area contributed by atoms with Crippen molar-refractivity contribution in [3.63, 3.8) is 0 Å². The summed E-state index contributed by atoms with van der Waals surface area (Å²) in [4.78, 5) is 10.4. The Hall–Kier alpha value is -1.11. The molecule has 1 N–H and O–H groups in total. The summed E-state index contributed by atoms with van der Waals surface area (Å²) >= 11 is 5.89. The van der Waals surface area contributed by atoms with E-state index in [1.807, 2.05) is 13.8 Å². The SMILES string of the molecule is CC.CC1COCC2COc3c(CO)nc(Cl)nc3N12. The maximum atomic E-state index is 9.31. The Morgan fingerprint density at radius 1 is 1.30 bits per heavy atom. The number of aromatic nitrogens is 2. The van der Waals surface area contributed by atoms with E-state index in [1.54, 1.807) is 0 Å². The van der Waals surface area contributed by atoms with Crippen molar-refractivity contribution in [1.82, 2.24) is 9.97 Å². The third-order valence-electron chi connectivity index (χ3n) is 3.24. The molecule has 20 heavy (non-hydrogen) atoms. The number of hydrogen-bond donors (Lipinski definition) is 1. The van der Waals surface area contributed by atoms with Crippen LogP contribution in [0.3, 0.4) is 0 Å². The van der Waals surface area contributed by atoms with Crippen molar-refractivity contribution in [1.29, 1.82) is 0 Å². The van der Waals surface area contributed by atoms with Gasteiger partial charge in [-0.3, -0.25) is 0 Å². The Morgan fingerprint density at radius 3 is 2.75 bits per heavy atom. The number of aliphatic hydroxyl groups excluding tert-OH is 1. The Kier molecular flexibility index (Phi) is 5.01. The second-order valence-corrected chi connectivity index (χ2v) is 4.85. The number of morpholine rings is 1. The maximum Gasteiger partial charge on any atom is 0.224 e. The summed E-state index contributed by atoms with van der Waals surface area (Å²) in [6, 6.07) is 0.336. The molecule has 0 bridgehead atoms. The molecule has 2 unspecified atom stereocenters. The number of hydrogen-bond acceptors (Lipinski definition) is 6. The molecule has 0 aliphatic carbocycles. The van der Waals surface area contributed by atoms with Gasteiger partial charge in [0.1, 0.15) is 12.3 Å². The van der Waals surface area contributed by atoms with Gasteiger partial charge in [0.15, 0.2) is 11.6 Å². The van der Waals surface area contributed by atoms with Crippen LogP contribution in [0.5, 0.6) is 5.75 Å². The van der Waals surface area contributed by atoms with Crippen molar-refractivity contribution in [3.8, 4) is 5.75 Å². The number of aliphatic hydroxyl groups is 1. The minimum absolute atomic E-state index is 0.126. The second-order valence-electron chi connectivity index (χ2n) is 4.51. The van der Waals surface area contributed by atoms with E-state index in [0.29, 0.717) is 37.1 Å². The molecule has 3 heterocycles. The number of nitrogens with zero attached hydrogens (tertiary/aromatic N) is 3. The van der Waals surface area contributed by atoms with Crippen LogP contribution in [0.25, 0.3) is 0 Å². The van der Waals surface area contributed by atoms with Crippen LogP contribution in [-0.2, 0) is 11.3 Å². The third kappa shape index (κ3) is 2.68. The van der Waals surface area contributed by atoms with Crippen molar-refractivity contribution in [2.24, 2.45) is 0 Å². The molecule has 0 aromatic carbocycles. The van der Waals surface area contributed by atoms with Crippen molar-refractivity contribution in [3.05, 3.63) is 11.0 Å². The Bertz CT molecular complexity index is 472. The molecule has 6 nitrogen and oxygen atoms in total. The lowest BCUT2D eigenvalue weighted by Gasteiger charge is -2.44. The zero-order chi connectivity index (χ0) is 14.7.